The fourth-order valence-corrected chi connectivity index (χ4v) is 1.69. The molecule has 0 radical (unpaired) electrons. The van der Waals surface area contributed by atoms with Crippen molar-refractivity contribution in [3.63, 3.8) is 0 Å². The highest BCUT2D eigenvalue weighted by atomic mass is 32.2. The number of carbonyl (C=O) groups excluding carboxylic acids is 1. The maximum Gasteiger partial charge on any atom is 0.338 e. The Bertz CT molecular complexity index is 481. The minimum atomic E-state index is -3.33. The van der Waals surface area contributed by atoms with Crippen molar-refractivity contribution < 1.29 is 17.9 Å². The fourth-order valence-electron chi connectivity index (χ4n) is 1.14. The summed E-state index contributed by atoms with van der Waals surface area (Å²) in [5.74, 6) is -0.473. The smallest absolute Gasteiger partial charge is 0.338 e. The van der Waals surface area contributed by atoms with Crippen molar-refractivity contribution in [1.82, 2.24) is 0 Å². The van der Waals surface area contributed by atoms with E-state index in [0.717, 1.165) is 6.26 Å². The van der Waals surface area contributed by atoms with Gasteiger partial charge in [-0.15, -0.1) is 0 Å². The number of hydrogen-bond donors (Lipinski definition) is 1. The molecule has 0 atom stereocenters. The molecule has 0 spiro atoms. The third-order valence-electron chi connectivity index (χ3n) is 1.68. The number of sulfonamides is 1. The molecule has 0 aromatic heterocycles. The molecular formula is C10H13NO4S. The fraction of sp³-hybridized carbons (Fsp3) is 0.300. The molecule has 0 heterocycles. The van der Waals surface area contributed by atoms with Gasteiger partial charge in [-0.3, -0.25) is 4.72 Å². The summed E-state index contributed by atoms with van der Waals surface area (Å²) in [6, 6.07) is 6.13. The lowest BCUT2D eigenvalue weighted by molar-refractivity contribution is 0.0526. The van der Waals surface area contributed by atoms with Gasteiger partial charge in [0.15, 0.2) is 0 Å². The molecular weight excluding hydrogens is 230 g/mol. The Morgan fingerprint density at radius 1 is 1.44 bits per heavy atom. The van der Waals surface area contributed by atoms with Crippen molar-refractivity contribution in [3.8, 4) is 0 Å². The van der Waals surface area contributed by atoms with Crippen LogP contribution in [0.1, 0.15) is 17.3 Å². The van der Waals surface area contributed by atoms with E-state index in [9.17, 15) is 13.2 Å². The van der Waals surface area contributed by atoms with E-state index in [2.05, 4.69) is 4.72 Å². The maximum absolute atomic E-state index is 11.4. The first-order chi connectivity index (χ1) is 7.42. The Morgan fingerprint density at radius 2 is 2.12 bits per heavy atom. The van der Waals surface area contributed by atoms with E-state index < -0.39 is 16.0 Å². The van der Waals surface area contributed by atoms with Gasteiger partial charge in [-0.2, -0.15) is 0 Å². The molecule has 0 unspecified atom stereocenters. The SMILES string of the molecule is CCOC(=O)c1cccc(NS(C)(=O)=O)c1. The number of carbonyl (C=O) groups is 1. The first kappa shape index (κ1) is 12.5. The summed E-state index contributed by atoms with van der Waals surface area (Å²) in [6.45, 7) is 1.99. The molecule has 0 aliphatic carbocycles. The maximum atomic E-state index is 11.4. The van der Waals surface area contributed by atoms with Crippen LogP contribution in [-0.4, -0.2) is 27.2 Å². The van der Waals surface area contributed by atoms with Crippen LogP contribution in [0.5, 0.6) is 0 Å². The second-order valence-corrected chi connectivity index (χ2v) is 4.92. The number of anilines is 1. The van der Waals surface area contributed by atoms with Crippen LogP contribution in [0.3, 0.4) is 0 Å². The molecule has 0 saturated carbocycles. The van der Waals surface area contributed by atoms with Crippen LogP contribution >= 0.6 is 0 Å². The van der Waals surface area contributed by atoms with Crippen molar-refractivity contribution in [1.29, 1.82) is 0 Å². The lowest BCUT2D eigenvalue weighted by Gasteiger charge is -2.06. The number of benzene rings is 1. The van der Waals surface area contributed by atoms with Crippen molar-refractivity contribution in [2.45, 2.75) is 6.92 Å². The van der Waals surface area contributed by atoms with Gasteiger partial charge in [-0.25, -0.2) is 13.2 Å². The zero-order valence-corrected chi connectivity index (χ0v) is 9.87. The average Bonchev–Trinajstić information content (AvgIpc) is 2.16. The van der Waals surface area contributed by atoms with Crippen LogP contribution < -0.4 is 4.72 Å². The molecule has 0 saturated heterocycles. The molecule has 5 nitrogen and oxygen atoms in total. The Labute approximate surface area is 94.5 Å². The second kappa shape index (κ2) is 4.98. The molecule has 1 aromatic carbocycles. The van der Waals surface area contributed by atoms with Gasteiger partial charge in [0.05, 0.1) is 18.4 Å². The Hall–Kier alpha value is -1.56. The largest absolute Gasteiger partial charge is 0.462 e. The van der Waals surface area contributed by atoms with Gasteiger partial charge in [0, 0.05) is 5.69 Å². The first-order valence-electron chi connectivity index (χ1n) is 4.67. The van der Waals surface area contributed by atoms with E-state index in [1.807, 2.05) is 0 Å². The molecule has 1 N–H and O–H groups in total. The first-order valence-corrected chi connectivity index (χ1v) is 6.56. The molecule has 0 aliphatic rings. The molecule has 88 valence electrons. The van der Waals surface area contributed by atoms with Crippen LogP contribution in [0.25, 0.3) is 0 Å². The normalized spacial score (nSPS) is 10.9. The Kier molecular flexibility index (Phi) is 3.89. The summed E-state index contributed by atoms with van der Waals surface area (Å²) >= 11 is 0. The zero-order chi connectivity index (χ0) is 12.2. The standard InChI is InChI=1S/C10H13NO4S/c1-3-15-10(12)8-5-4-6-9(7-8)11-16(2,13)14/h4-7,11H,3H2,1-2H3. The van der Waals surface area contributed by atoms with Crippen LogP contribution in [0, 0.1) is 0 Å². The molecule has 6 heteroatoms. The van der Waals surface area contributed by atoms with Crippen molar-refractivity contribution in [2.75, 3.05) is 17.6 Å². The Morgan fingerprint density at radius 3 is 2.69 bits per heavy atom. The number of rotatable bonds is 4. The van der Waals surface area contributed by atoms with E-state index in [0.29, 0.717) is 11.3 Å². The van der Waals surface area contributed by atoms with Crippen LogP contribution in [0.15, 0.2) is 24.3 Å². The summed E-state index contributed by atoms with van der Waals surface area (Å²) in [5, 5.41) is 0. The van der Waals surface area contributed by atoms with Gasteiger partial charge < -0.3 is 4.74 Å². The van der Waals surface area contributed by atoms with Gasteiger partial charge in [0.1, 0.15) is 0 Å². The molecule has 0 fully saturated rings. The summed E-state index contributed by atoms with van der Waals surface area (Å²) in [4.78, 5) is 11.4. The molecule has 0 amide bonds. The van der Waals surface area contributed by atoms with E-state index in [1.54, 1.807) is 25.1 Å². The molecule has 0 bridgehead atoms. The third-order valence-corrected chi connectivity index (χ3v) is 2.28. The van der Waals surface area contributed by atoms with E-state index in [1.165, 1.54) is 6.07 Å². The average molecular weight is 243 g/mol. The molecule has 1 aromatic rings. The van der Waals surface area contributed by atoms with Gasteiger partial charge in [0.25, 0.3) is 0 Å². The van der Waals surface area contributed by atoms with Crippen molar-refractivity contribution in [3.05, 3.63) is 29.8 Å². The summed E-state index contributed by atoms with van der Waals surface area (Å²) in [7, 11) is -3.33. The minimum absolute atomic E-state index is 0.280. The summed E-state index contributed by atoms with van der Waals surface area (Å²) < 4.78 is 29.0. The number of esters is 1. The van der Waals surface area contributed by atoms with Crippen molar-refractivity contribution in [2.24, 2.45) is 0 Å². The van der Waals surface area contributed by atoms with Gasteiger partial charge in [-0.05, 0) is 25.1 Å². The van der Waals surface area contributed by atoms with Gasteiger partial charge in [0.2, 0.25) is 10.0 Å². The predicted molar refractivity (Wildman–Crippen MR) is 60.9 cm³/mol. The lowest BCUT2D eigenvalue weighted by atomic mass is 10.2. The molecule has 1 rings (SSSR count). The van der Waals surface area contributed by atoms with Crippen LogP contribution in [-0.2, 0) is 14.8 Å². The van der Waals surface area contributed by atoms with Gasteiger partial charge in [-0.1, -0.05) is 6.07 Å². The second-order valence-electron chi connectivity index (χ2n) is 3.18. The highest BCUT2D eigenvalue weighted by Crippen LogP contribution is 2.12. The van der Waals surface area contributed by atoms with E-state index in [-0.39, 0.29) is 6.61 Å². The summed E-state index contributed by atoms with van der Waals surface area (Å²) in [5.41, 5.74) is 0.656. The monoisotopic (exact) mass is 243 g/mol. The number of hydrogen-bond acceptors (Lipinski definition) is 4. The van der Waals surface area contributed by atoms with Crippen molar-refractivity contribution >= 4 is 21.7 Å². The third kappa shape index (κ3) is 3.90. The van der Waals surface area contributed by atoms with Crippen LogP contribution in [0.4, 0.5) is 5.69 Å². The number of nitrogens with one attached hydrogen (secondary N) is 1. The summed E-state index contributed by atoms with van der Waals surface area (Å²) in [6.07, 6.45) is 1.05. The number of ether oxygens (including phenoxy) is 1. The highest BCUT2D eigenvalue weighted by molar-refractivity contribution is 7.92. The highest BCUT2D eigenvalue weighted by Gasteiger charge is 2.08. The molecule has 0 aliphatic heterocycles. The van der Waals surface area contributed by atoms with E-state index in [4.69, 9.17) is 4.74 Å². The van der Waals surface area contributed by atoms with E-state index >= 15 is 0 Å². The quantitative estimate of drug-likeness (QED) is 0.807. The lowest BCUT2D eigenvalue weighted by Crippen LogP contribution is -2.11. The Balaban J connectivity index is 2.91. The van der Waals surface area contributed by atoms with Gasteiger partial charge >= 0.3 is 5.97 Å². The molecule has 16 heavy (non-hydrogen) atoms. The van der Waals surface area contributed by atoms with Crippen LogP contribution in [0.2, 0.25) is 0 Å². The topological polar surface area (TPSA) is 72.5 Å². The zero-order valence-electron chi connectivity index (χ0n) is 9.06. The minimum Gasteiger partial charge on any atom is -0.462 e. The predicted octanol–water partition coefficient (Wildman–Crippen LogP) is 1.23.